The molecule has 0 aliphatic carbocycles. The van der Waals surface area contributed by atoms with Crippen LogP contribution >= 0.6 is 12.2 Å². The highest BCUT2D eigenvalue weighted by Crippen LogP contribution is 2.10. The summed E-state index contributed by atoms with van der Waals surface area (Å²) in [7, 11) is 0. The highest BCUT2D eigenvalue weighted by molar-refractivity contribution is 7.80. The lowest BCUT2D eigenvalue weighted by molar-refractivity contribution is 0.866. The molecule has 2 aromatic carbocycles. The van der Waals surface area contributed by atoms with E-state index in [0.29, 0.717) is 11.7 Å². The zero-order valence-electron chi connectivity index (χ0n) is 13.2. The van der Waals surface area contributed by atoms with E-state index in [-0.39, 0.29) is 0 Å². The number of rotatable bonds is 4. The Bertz CT molecular complexity index is 678. The Balaban J connectivity index is 1.90. The Labute approximate surface area is 137 Å². The summed E-state index contributed by atoms with van der Waals surface area (Å²) < 4.78 is 0. The smallest absolute Gasteiger partial charge is 0.187 e. The van der Waals surface area contributed by atoms with Gasteiger partial charge in [-0.2, -0.15) is 5.10 Å². The summed E-state index contributed by atoms with van der Waals surface area (Å²) in [5, 5.41) is 8.00. The second kappa shape index (κ2) is 7.71. The second-order valence-corrected chi connectivity index (χ2v) is 5.68. The molecule has 0 heterocycles. The van der Waals surface area contributed by atoms with Crippen LogP contribution in [-0.4, -0.2) is 10.8 Å². The first-order chi connectivity index (χ1) is 10.6. The van der Waals surface area contributed by atoms with Crippen molar-refractivity contribution in [1.29, 1.82) is 0 Å². The topological polar surface area (TPSA) is 36.4 Å². The van der Waals surface area contributed by atoms with Crippen LogP contribution in [0.2, 0.25) is 0 Å². The first-order valence-electron chi connectivity index (χ1n) is 7.26. The van der Waals surface area contributed by atoms with E-state index in [2.05, 4.69) is 60.0 Å². The average Bonchev–Trinajstić information content (AvgIpc) is 2.54. The highest BCUT2D eigenvalue weighted by atomic mass is 32.1. The van der Waals surface area contributed by atoms with Crippen molar-refractivity contribution in [3.63, 3.8) is 0 Å². The zero-order chi connectivity index (χ0) is 15.9. The van der Waals surface area contributed by atoms with Gasteiger partial charge in [0, 0.05) is 6.54 Å². The van der Waals surface area contributed by atoms with E-state index in [9.17, 15) is 0 Å². The third-order valence-corrected chi connectivity index (χ3v) is 3.78. The molecule has 0 unspecified atom stereocenters. The van der Waals surface area contributed by atoms with Gasteiger partial charge in [-0.25, -0.2) is 0 Å². The summed E-state index contributed by atoms with van der Waals surface area (Å²) in [6.07, 6.45) is 0. The standard InChI is InChI=1S/C18H21N3S/c1-13-9-10-17(11-14(13)2)15(3)20-21-18(22)19-12-16-7-5-4-6-8-16/h4-11H,12H2,1-3H3,(H2,19,21,22). The van der Waals surface area contributed by atoms with Gasteiger partial charge < -0.3 is 5.32 Å². The maximum absolute atomic E-state index is 5.24. The van der Waals surface area contributed by atoms with E-state index >= 15 is 0 Å². The Morgan fingerprint density at radius 2 is 1.77 bits per heavy atom. The number of hydrogen-bond donors (Lipinski definition) is 2. The molecular formula is C18H21N3S. The number of nitrogens with one attached hydrogen (secondary N) is 2. The summed E-state index contributed by atoms with van der Waals surface area (Å²) in [5.41, 5.74) is 8.63. The predicted molar refractivity (Wildman–Crippen MR) is 97.1 cm³/mol. The van der Waals surface area contributed by atoms with Crippen LogP contribution in [0.5, 0.6) is 0 Å². The number of benzene rings is 2. The molecule has 114 valence electrons. The van der Waals surface area contributed by atoms with Crippen LogP contribution in [0, 0.1) is 13.8 Å². The first-order valence-corrected chi connectivity index (χ1v) is 7.67. The van der Waals surface area contributed by atoms with E-state index in [1.54, 1.807) is 0 Å². The van der Waals surface area contributed by atoms with Gasteiger partial charge in [0.05, 0.1) is 5.71 Å². The van der Waals surface area contributed by atoms with Crippen molar-refractivity contribution in [3.05, 3.63) is 70.8 Å². The molecule has 2 aromatic rings. The van der Waals surface area contributed by atoms with E-state index in [0.717, 1.165) is 11.3 Å². The van der Waals surface area contributed by atoms with Crippen molar-refractivity contribution < 1.29 is 0 Å². The third kappa shape index (κ3) is 4.67. The average molecular weight is 311 g/mol. The maximum atomic E-state index is 5.24. The molecule has 0 aliphatic heterocycles. The van der Waals surface area contributed by atoms with Gasteiger partial charge in [0.2, 0.25) is 0 Å². The van der Waals surface area contributed by atoms with Crippen molar-refractivity contribution in [2.75, 3.05) is 0 Å². The lowest BCUT2D eigenvalue weighted by Crippen LogP contribution is -2.32. The number of hydrazone groups is 1. The fourth-order valence-corrected chi connectivity index (χ4v) is 2.10. The van der Waals surface area contributed by atoms with E-state index in [1.165, 1.54) is 16.7 Å². The number of aryl methyl sites for hydroxylation is 2. The SMILES string of the molecule is CC(=NNC(=S)NCc1ccccc1)c1ccc(C)c(C)c1. The summed E-state index contributed by atoms with van der Waals surface area (Å²) in [6, 6.07) is 16.4. The molecule has 0 atom stereocenters. The molecule has 0 fully saturated rings. The van der Waals surface area contributed by atoms with Crippen LogP contribution in [0.25, 0.3) is 0 Å². The van der Waals surface area contributed by atoms with Gasteiger partial charge in [-0.1, -0.05) is 42.5 Å². The highest BCUT2D eigenvalue weighted by Gasteiger charge is 2.01. The minimum Gasteiger partial charge on any atom is -0.357 e. The molecule has 2 rings (SSSR count). The summed E-state index contributed by atoms with van der Waals surface area (Å²) in [6.45, 7) is 6.86. The van der Waals surface area contributed by atoms with Crippen molar-refractivity contribution in [1.82, 2.24) is 10.7 Å². The predicted octanol–water partition coefficient (Wildman–Crippen LogP) is 3.69. The van der Waals surface area contributed by atoms with Gasteiger partial charge in [-0.05, 0) is 61.3 Å². The van der Waals surface area contributed by atoms with Gasteiger partial charge in [-0.3, -0.25) is 5.43 Å². The molecule has 0 aromatic heterocycles. The molecule has 2 N–H and O–H groups in total. The molecule has 0 bridgehead atoms. The molecule has 0 radical (unpaired) electrons. The summed E-state index contributed by atoms with van der Waals surface area (Å²) >= 11 is 5.24. The van der Waals surface area contributed by atoms with Crippen LogP contribution in [0.1, 0.15) is 29.2 Å². The van der Waals surface area contributed by atoms with Gasteiger partial charge >= 0.3 is 0 Å². The zero-order valence-corrected chi connectivity index (χ0v) is 14.0. The van der Waals surface area contributed by atoms with Crippen molar-refractivity contribution >= 4 is 23.0 Å². The molecular weight excluding hydrogens is 290 g/mol. The molecule has 0 saturated carbocycles. The fraction of sp³-hybridized carbons (Fsp3) is 0.222. The normalized spacial score (nSPS) is 11.1. The Morgan fingerprint density at radius 3 is 2.45 bits per heavy atom. The largest absolute Gasteiger partial charge is 0.357 e. The van der Waals surface area contributed by atoms with Crippen LogP contribution in [-0.2, 0) is 6.54 Å². The quantitative estimate of drug-likeness (QED) is 0.513. The molecule has 3 nitrogen and oxygen atoms in total. The molecule has 22 heavy (non-hydrogen) atoms. The van der Waals surface area contributed by atoms with Gasteiger partial charge in [0.25, 0.3) is 0 Å². The summed E-state index contributed by atoms with van der Waals surface area (Å²) in [5.74, 6) is 0. The van der Waals surface area contributed by atoms with Crippen molar-refractivity contribution in [3.8, 4) is 0 Å². The van der Waals surface area contributed by atoms with Crippen molar-refractivity contribution in [2.45, 2.75) is 27.3 Å². The first kappa shape index (κ1) is 16.2. The number of hydrogen-bond acceptors (Lipinski definition) is 2. The molecule has 0 amide bonds. The third-order valence-electron chi connectivity index (χ3n) is 3.55. The minimum atomic E-state index is 0.520. The maximum Gasteiger partial charge on any atom is 0.187 e. The fourth-order valence-electron chi connectivity index (χ4n) is 1.98. The minimum absolute atomic E-state index is 0.520. The van der Waals surface area contributed by atoms with Crippen molar-refractivity contribution in [2.24, 2.45) is 5.10 Å². The van der Waals surface area contributed by atoms with Gasteiger partial charge in [-0.15, -0.1) is 0 Å². The Morgan fingerprint density at radius 1 is 1.05 bits per heavy atom. The Kier molecular flexibility index (Phi) is 5.67. The van der Waals surface area contributed by atoms with Crippen LogP contribution in [0.4, 0.5) is 0 Å². The van der Waals surface area contributed by atoms with E-state index < -0.39 is 0 Å². The van der Waals surface area contributed by atoms with Crippen LogP contribution < -0.4 is 10.7 Å². The van der Waals surface area contributed by atoms with Gasteiger partial charge in [0.15, 0.2) is 5.11 Å². The molecule has 0 saturated heterocycles. The Hall–Kier alpha value is -2.20. The number of nitrogens with zero attached hydrogens (tertiary/aromatic N) is 1. The lowest BCUT2D eigenvalue weighted by Gasteiger charge is -2.09. The van der Waals surface area contributed by atoms with E-state index in [4.69, 9.17) is 12.2 Å². The molecule has 4 heteroatoms. The molecule has 0 aliphatic rings. The van der Waals surface area contributed by atoms with Gasteiger partial charge in [0.1, 0.15) is 0 Å². The van der Waals surface area contributed by atoms with E-state index in [1.807, 2.05) is 25.1 Å². The molecule has 0 spiro atoms. The number of thiocarbonyl (C=S) groups is 1. The monoisotopic (exact) mass is 311 g/mol. The second-order valence-electron chi connectivity index (χ2n) is 5.28. The van der Waals surface area contributed by atoms with Crippen LogP contribution in [0.3, 0.4) is 0 Å². The lowest BCUT2D eigenvalue weighted by atomic mass is 10.0. The summed E-state index contributed by atoms with van der Waals surface area (Å²) in [4.78, 5) is 0. The van der Waals surface area contributed by atoms with Crippen LogP contribution in [0.15, 0.2) is 53.6 Å².